The van der Waals surface area contributed by atoms with Crippen LogP contribution >= 0.6 is 0 Å². The summed E-state index contributed by atoms with van der Waals surface area (Å²) in [6, 6.07) is 8.20. The number of hydrogen-bond donors (Lipinski definition) is 1. The molecule has 3 heterocycles. The van der Waals surface area contributed by atoms with Crippen LogP contribution in [0.1, 0.15) is 31.7 Å². The summed E-state index contributed by atoms with van der Waals surface area (Å²) in [5.74, 6) is -0.269. The Morgan fingerprint density at radius 2 is 1.64 bits per heavy atom. The molecule has 2 aliphatic heterocycles. The first-order valence-electron chi connectivity index (χ1n) is 8.95. The van der Waals surface area contributed by atoms with Gasteiger partial charge in [-0.15, -0.1) is 0 Å². The number of carboxylic acid groups (broad SMARTS) is 1. The maximum absolute atomic E-state index is 12.2. The molecule has 1 N–H and O–H groups in total. The van der Waals surface area contributed by atoms with Crippen molar-refractivity contribution >= 4 is 17.2 Å². The van der Waals surface area contributed by atoms with Crippen LogP contribution in [0.5, 0.6) is 0 Å². The molecule has 0 atom stereocenters. The average molecular weight is 345 g/mol. The first-order valence-corrected chi connectivity index (χ1v) is 8.95. The van der Waals surface area contributed by atoms with Gasteiger partial charge in [0, 0.05) is 38.3 Å². The molecule has 7 heteroatoms. The molecule has 0 spiro atoms. The number of piperidine rings is 2. The van der Waals surface area contributed by atoms with Gasteiger partial charge in [0.15, 0.2) is 5.58 Å². The SMILES string of the molecule is O=C(O)N1CCC(N2CCC(n3c(=O)oc4ccccc43)CC2)CC1. The lowest BCUT2D eigenvalue weighted by molar-refractivity contribution is 0.0748. The molecule has 0 radical (unpaired) electrons. The van der Waals surface area contributed by atoms with Gasteiger partial charge < -0.3 is 19.3 Å². The van der Waals surface area contributed by atoms with E-state index in [1.807, 2.05) is 24.3 Å². The average Bonchev–Trinajstić information content (AvgIpc) is 2.97. The molecule has 25 heavy (non-hydrogen) atoms. The van der Waals surface area contributed by atoms with E-state index in [1.165, 1.54) is 4.90 Å². The van der Waals surface area contributed by atoms with E-state index in [0.29, 0.717) is 24.7 Å². The van der Waals surface area contributed by atoms with E-state index in [0.717, 1.165) is 44.3 Å². The quantitative estimate of drug-likeness (QED) is 0.904. The van der Waals surface area contributed by atoms with E-state index in [4.69, 9.17) is 9.52 Å². The smallest absolute Gasteiger partial charge is 0.420 e. The summed E-state index contributed by atoms with van der Waals surface area (Å²) >= 11 is 0. The van der Waals surface area contributed by atoms with Gasteiger partial charge in [0.1, 0.15) is 0 Å². The topological polar surface area (TPSA) is 78.9 Å². The molecule has 2 aliphatic rings. The first kappa shape index (κ1) is 16.2. The Bertz CT molecular complexity index is 811. The number of fused-ring (bicyclic) bond motifs is 1. The first-order chi connectivity index (χ1) is 12.1. The van der Waals surface area contributed by atoms with Crippen molar-refractivity contribution in [3.05, 3.63) is 34.8 Å². The largest absolute Gasteiger partial charge is 0.465 e. The van der Waals surface area contributed by atoms with Gasteiger partial charge >= 0.3 is 11.8 Å². The van der Waals surface area contributed by atoms with Gasteiger partial charge in [0.25, 0.3) is 0 Å². The van der Waals surface area contributed by atoms with Crippen LogP contribution in [0.2, 0.25) is 0 Å². The third-order valence-corrected chi connectivity index (χ3v) is 5.63. The molecule has 1 amide bonds. The number of benzene rings is 1. The van der Waals surface area contributed by atoms with Crippen molar-refractivity contribution in [1.82, 2.24) is 14.4 Å². The molecule has 2 saturated heterocycles. The van der Waals surface area contributed by atoms with E-state index < -0.39 is 6.09 Å². The maximum Gasteiger partial charge on any atom is 0.420 e. The molecule has 7 nitrogen and oxygen atoms in total. The highest BCUT2D eigenvalue weighted by atomic mass is 16.4. The number of aromatic nitrogens is 1. The lowest BCUT2D eigenvalue weighted by atomic mass is 9.98. The zero-order valence-corrected chi connectivity index (χ0v) is 14.1. The lowest BCUT2D eigenvalue weighted by Crippen LogP contribution is -2.49. The van der Waals surface area contributed by atoms with Crippen molar-refractivity contribution < 1.29 is 14.3 Å². The van der Waals surface area contributed by atoms with Crippen LogP contribution in [-0.2, 0) is 0 Å². The minimum atomic E-state index is -0.816. The van der Waals surface area contributed by atoms with Crippen molar-refractivity contribution in [2.24, 2.45) is 0 Å². The second-order valence-electron chi connectivity index (χ2n) is 6.97. The molecule has 0 saturated carbocycles. The van der Waals surface area contributed by atoms with E-state index in [1.54, 1.807) is 4.57 Å². The van der Waals surface area contributed by atoms with Crippen molar-refractivity contribution in [3.63, 3.8) is 0 Å². The Labute approximate surface area is 145 Å². The van der Waals surface area contributed by atoms with Crippen molar-refractivity contribution in [2.75, 3.05) is 26.2 Å². The number of oxazole rings is 1. The molecule has 4 rings (SSSR count). The van der Waals surface area contributed by atoms with Gasteiger partial charge in [-0.05, 0) is 37.8 Å². The molecule has 0 unspecified atom stereocenters. The Kier molecular flexibility index (Phi) is 4.25. The number of likely N-dealkylation sites (tertiary alicyclic amines) is 2. The predicted molar refractivity (Wildman–Crippen MR) is 92.9 cm³/mol. The van der Waals surface area contributed by atoms with Crippen molar-refractivity contribution in [1.29, 1.82) is 0 Å². The normalized spacial score (nSPS) is 21.0. The number of amides is 1. The van der Waals surface area contributed by atoms with Gasteiger partial charge in [-0.3, -0.25) is 4.57 Å². The monoisotopic (exact) mass is 345 g/mol. The summed E-state index contributed by atoms with van der Waals surface area (Å²) < 4.78 is 7.17. The third-order valence-electron chi connectivity index (χ3n) is 5.63. The van der Waals surface area contributed by atoms with Crippen LogP contribution < -0.4 is 5.76 Å². The maximum atomic E-state index is 12.2. The highest BCUT2D eigenvalue weighted by Gasteiger charge is 2.31. The molecule has 1 aromatic carbocycles. The molecule has 134 valence electrons. The van der Waals surface area contributed by atoms with Crippen LogP contribution in [0.25, 0.3) is 11.1 Å². The molecular formula is C18H23N3O4. The highest BCUT2D eigenvalue weighted by molar-refractivity contribution is 5.72. The zero-order valence-electron chi connectivity index (χ0n) is 14.1. The molecule has 0 aliphatic carbocycles. The van der Waals surface area contributed by atoms with Crippen molar-refractivity contribution in [2.45, 2.75) is 37.8 Å². The zero-order chi connectivity index (χ0) is 17.4. The number of nitrogens with zero attached hydrogens (tertiary/aromatic N) is 3. The second-order valence-corrected chi connectivity index (χ2v) is 6.97. The third kappa shape index (κ3) is 3.04. The van der Waals surface area contributed by atoms with Crippen LogP contribution in [-0.4, -0.2) is 57.8 Å². The Hall–Kier alpha value is -2.28. The minimum absolute atomic E-state index is 0.173. The Balaban J connectivity index is 1.41. The molecule has 1 aromatic heterocycles. The van der Waals surface area contributed by atoms with Crippen molar-refractivity contribution in [3.8, 4) is 0 Å². The Morgan fingerprint density at radius 3 is 2.32 bits per heavy atom. The van der Waals surface area contributed by atoms with Gasteiger partial charge in [-0.2, -0.15) is 0 Å². The predicted octanol–water partition coefficient (Wildman–Crippen LogP) is 2.37. The minimum Gasteiger partial charge on any atom is -0.465 e. The van der Waals surface area contributed by atoms with E-state index in [2.05, 4.69) is 4.90 Å². The number of carbonyl (C=O) groups is 1. The van der Waals surface area contributed by atoms with E-state index >= 15 is 0 Å². The second kappa shape index (κ2) is 6.55. The summed E-state index contributed by atoms with van der Waals surface area (Å²) in [6.45, 7) is 3.11. The molecule has 2 fully saturated rings. The van der Waals surface area contributed by atoms with Crippen LogP contribution in [0.4, 0.5) is 4.79 Å². The summed E-state index contributed by atoms with van der Waals surface area (Å²) in [5.41, 5.74) is 1.52. The van der Waals surface area contributed by atoms with E-state index in [9.17, 15) is 9.59 Å². The fourth-order valence-corrected chi connectivity index (χ4v) is 4.26. The van der Waals surface area contributed by atoms with E-state index in [-0.39, 0.29) is 11.8 Å². The fraction of sp³-hybridized carbons (Fsp3) is 0.556. The van der Waals surface area contributed by atoms with Crippen LogP contribution in [0.3, 0.4) is 0 Å². The molecule has 2 aromatic rings. The summed E-state index contributed by atoms with van der Waals surface area (Å²) in [6.07, 6.45) is 2.81. The Morgan fingerprint density at radius 1 is 1.00 bits per heavy atom. The molecule has 0 bridgehead atoms. The van der Waals surface area contributed by atoms with Gasteiger partial charge in [-0.1, -0.05) is 12.1 Å². The lowest BCUT2D eigenvalue weighted by Gasteiger charge is -2.41. The van der Waals surface area contributed by atoms with Gasteiger partial charge in [0.05, 0.1) is 5.52 Å². The summed E-state index contributed by atoms with van der Waals surface area (Å²) in [5, 5.41) is 9.06. The van der Waals surface area contributed by atoms with Crippen LogP contribution in [0.15, 0.2) is 33.5 Å². The van der Waals surface area contributed by atoms with Gasteiger partial charge in [-0.25, -0.2) is 9.59 Å². The number of hydrogen-bond acceptors (Lipinski definition) is 4. The number of para-hydroxylation sites is 2. The van der Waals surface area contributed by atoms with Gasteiger partial charge in [0.2, 0.25) is 0 Å². The standard InChI is InChI=1S/C18H23N3O4/c22-17(23)20-11-5-13(6-12-20)19-9-7-14(8-10-19)21-15-3-1-2-4-16(15)25-18(21)24/h1-4,13-14H,5-12H2,(H,22,23). The number of rotatable bonds is 2. The summed E-state index contributed by atoms with van der Waals surface area (Å²) in [7, 11) is 0. The van der Waals surface area contributed by atoms with Crippen LogP contribution in [0, 0.1) is 0 Å². The summed E-state index contributed by atoms with van der Waals surface area (Å²) in [4.78, 5) is 27.2. The fourth-order valence-electron chi connectivity index (χ4n) is 4.26. The molecular weight excluding hydrogens is 322 g/mol. The highest BCUT2D eigenvalue weighted by Crippen LogP contribution is 2.28.